The van der Waals surface area contributed by atoms with Crippen LogP contribution < -0.4 is 0 Å². The lowest BCUT2D eigenvalue weighted by Gasteiger charge is -2.33. The number of benzene rings is 1. The van der Waals surface area contributed by atoms with E-state index >= 15 is 0 Å². The van der Waals surface area contributed by atoms with E-state index in [1.165, 1.54) is 51.7 Å². The molecule has 120 valence electrons. The molecule has 1 aromatic rings. The average Bonchev–Trinajstić information content (AvgIpc) is 2.95. The van der Waals surface area contributed by atoms with Crippen molar-refractivity contribution in [2.75, 3.05) is 26.2 Å². The van der Waals surface area contributed by atoms with Gasteiger partial charge >= 0.3 is 5.97 Å². The third-order valence-electron chi connectivity index (χ3n) is 4.98. The molecule has 0 aliphatic carbocycles. The molecule has 1 unspecified atom stereocenters. The molecule has 4 heteroatoms. The van der Waals surface area contributed by atoms with Crippen LogP contribution in [0.5, 0.6) is 0 Å². The first-order valence-electron chi connectivity index (χ1n) is 8.51. The number of piperidine rings is 1. The number of hydrogen-bond acceptors (Lipinski definition) is 3. The smallest absolute Gasteiger partial charge is 0.335 e. The SMILES string of the molecule is O=C(O)c1cccc(CN2CCCC2CN2CCCCC2)c1. The van der Waals surface area contributed by atoms with Crippen LogP contribution in [0.4, 0.5) is 0 Å². The van der Waals surface area contributed by atoms with Crippen molar-refractivity contribution in [2.45, 2.75) is 44.7 Å². The fourth-order valence-electron chi connectivity index (χ4n) is 3.79. The van der Waals surface area contributed by atoms with Gasteiger partial charge in [-0.2, -0.15) is 0 Å². The third kappa shape index (κ3) is 3.87. The lowest BCUT2D eigenvalue weighted by atomic mass is 10.1. The highest BCUT2D eigenvalue weighted by Gasteiger charge is 2.27. The lowest BCUT2D eigenvalue weighted by molar-refractivity contribution is 0.0696. The minimum Gasteiger partial charge on any atom is -0.478 e. The molecule has 1 atom stereocenters. The largest absolute Gasteiger partial charge is 0.478 e. The molecular weight excluding hydrogens is 276 g/mol. The van der Waals surface area contributed by atoms with Crippen molar-refractivity contribution in [2.24, 2.45) is 0 Å². The molecule has 2 fully saturated rings. The highest BCUT2D eigenvalue weighted by atomic mass is 16.4. The second-order valence-electron chi connectivity index (χ2n) is 6.63. The van der Waals surface area contributed by atoms with Crippen LogP contribution in [0, 0.1) is 0 Å². The van der Waals surface area contributed by atoms with E-state index in [0.717, 1.165) is 18.7 Å². The number of aromatic carboxylic acids is 1. The average molecular weight is 302 g/mol. The van der Waals surface area contributed by atoms with E-state index in [1.54, 1.807) is 6.07 Å². The first kappa shape index (κ1) is 15.5. The standard InChI is InChI=1S/C18H26N2O2/c21-18(22)16-7-4-6-15(12-16)13-20-11-5-8-17(20)14-19-9-2-1-3-10-19/h4,6-7,12,17H,1-3,5,8-11,13-14H2,(H,21,22). The molecule has 1 aromatic carbocycles. The highest BCUT2D eigenvalue weighted by molar-refractivity contribution is 5.87. The van der Waals surface area contributed by atoms with Crippen LogP contribution in [-0.4, -0.2) is 53.1 Å². The van der Waals surface area contributed by atoms with Crippen LogP contribution in [0.3, 0.4) is 0 Å². The fraction of sp³-hybridized carbons (Fsp3) is 0.611. The van der Waals surface area contributed by atoms with E-state index in [0.29, 0.717) is 11.6 Å². The molecule has 1 N–H and O–H groups in total. The Kier molecular flexibility index (Phi) is 5.11. The van der Waals surface area contributed by atoms with Gasteiger partial charge in [0, 0.05) is 19.1 Å². The zero-order valence-corrected chi connectivity index (χ0v) is 13.2. The maximum absolute atomic E-state index is 11.1. The Bertz CT molecular complexity index is 512. The first-order valence-corrected chi connectivity index (χ1v) is 8.51. The molecule has 0 amide bonds. The maximum Gasteiger partial charge on any atom is 0.335 e. The Hall–Kier alpha value is -1.39. The second kappa shape index (κ2) is 7.25. The number of likely N-dealkylation sites (tertiary alicyclic amines) is 2. The number of carboxylic acid groups (broad SMARTS) is 1. The van der Waals surface area contributed by atoms with E-state index in [-0.39, 0.29) is 0 Å². The topological polar surface area (TPSA) is 43.8 Å². The summed E-state index contributed by atoms with van der Waals surface area (Å²) < 4.78 is 0. The molecule has 22 heavy (non-hydrogen) atoms. The number of nitrogens with zero attached hydrogens (tertiary/aromatic N) is 2. The van der Waals surface area contributed by atoms with Gasteiger partial charge in [0.05, 0.1) is 5.56 Å². The van der Waals surface area contributed by atoms with Gasteiger partial charge in [-0.05, 0) is 63.0 Å². The van der Waals surface area contributed by atoms with Crippen molar-refractivity contribution in [1.82, 2.24) is 9.80 Å². The van der Waals surface area contributed by atoms with Gasteiger partial charge < -0.3 is 10.0 Å². The van der Waals surface area contributed by atoms with Gasteiger partial charge in [-0.1, -0.05) is 18.6 Å². The summed E-state index contributed by atoms with van der Waals surface area (Å²) in [6.07, 6.45) is 6.60. The highest BCUT2D eigenvalue weighted by Crippen LogP contribution is 2.22. The van der Waals surface area contributed by atoms with Crippen LogP contribution in [0.2, 0.25) is 0 Å². The van der Waals surface area contributed by atoms with E-state index in [4.69, 9.17) is 5.11 Å². The summed E-state index contributed by atoms with van der Waals surface area (Å²) in [6.45, 7) is 5.69. The van der Waals surface area contributed by atoms with Gasteiger partial charge in [-0.25, -0.2) is 4.79 Å². The fourth-order valence-corrected chi connectivity index (χ4v) is 3.79. The lowest BCUT2D eigenvalue weighted by Crippen LogP contribution is -2.42. The zero-order chi connectivity index (χ0) is 15.4. The summed E-state index contributed by atoms with van der Waals surface area (Å²) >= 11 is 0. The Morgan fingerprint density at radius 1 is 1.14 bits per heavy atom. The number of carbonyl (C=O) groups is 1. The van der Waals surface area contributed by atoms with Crippen molar-refractivity contribution in [1.29, 1.82) is 0 Å². The summed E-state index contributed by atoms with van der Waals surface area (Å²) in [6, 6.07) is 8.02. The molecule has 0 bridgehead atoms. The van der Waals surface area contributed by atoms with Crippen LogP contribution >= 0.6 is 0 Å². The van der Waals surface area contributed by atoms with Gasteiger partial charge in [0.25, 0.3) is 0 Å². The summed E-state index contributed by atoms with van der Waals surface area (Å²) in [5.74, 6) is -0.840. The summed E-state index contributed by atoms with van der Waals surface area (Å²) in [4.78, 5) is 16.2. The summed E-state index contributed by atoms with van der Waals surface area (Å²) in [5, 5.41) is 9.12. The van der Waals surface area contributed by atoms with Crippen molar-refractivity contribution in [3.05, 3.63) is 35.4 Å². The third-order valence-corrected chi connectivity index (χ3v) is 4.98. The molecular formula is C18H26N2O2. The minimum atomic E-state index is -0.840. The number of carboxylic acids is 1. The molecule has 4 nitrogen and oxygen atoms in total. The van der Waals surface area contributed by atoms with E-state index in [2.05, 4.69) is 9.80 Å². The Labute approximate surface area is 132 Å². The summed E-state index contributed by atoms with van der Waals surface area (Å²) in [5.41, 5.74) is 1.51. The Morgan fingerprint density at radius 3 is 2.73 bits per heavy atom. The quantitative estimate of drug-likeness (QED) is 0.908. The van der Waals surface area contributed by atoms with Gasteiger partial charge in [0.15, 0.2) is 0 Å². The van der Waals surface area contributed by atoms with Crippen molar-refractivity contribution in [3.8, 4) is 0 Å². The molecule has 2 aliphatic rings. The second-order valence-corrected chi connectivity index (χ2v) is 6.63. The normalized spacial score (nSPS) is 23.7. The summed E-state index contributed by atoms with van der Waals surface area (Å²) in [7, 11) is 0. The van der Waals surface area contributed by atoms with Gasteiger partial charge in [-0.15, -0.1) is 0 Å². The van der Waals surface area contributed by atoms with Crippen LogP contribution in [-0.2, 0) is 6.54 Å². The predicted octanol–water partition coefficient (Wildman–Crippen LogP) is 2.84. The van der Waals surface area contributed by atoms with E-state index in [1.807, 2.05) is 18.2 Å². The molecule has 3 rings (SSSR count). The van der Waals surface area contributed by atoms with Gasteiger partial charge in [0.1, 0.15) is 0 Å². The van der Waals surface area contributed by atoms with Crippen LogP contribution in [0.15, 0.2) is 24.3 Å². The predicted molar refractivity (Wildman–Crippen MR) is 87.1 cm³/mol. The number of rotatable bonds is 5. The molecule has 0 saturated carbocycles. The maximum atomic E-state index is 11.1. The molecule has 0 spiro atoms. The minimum absolute atomic E-state index is 0.393. The number of hydrogen-bond donors (Lipinski definition) is 1. The van der Waals surface area contributed by atoms with Crippen molar-refractivity contribution >= 4 is 5.97 Å². The molecule has 2 aliphatic heterocycles. The molecule has 2 saturated heterocycles. The molecule has 0 aromatic heterocycles. The zero-order valence-electron chi connectivity index (χ0n) is 13.2. The molecule has 0 radical (unpaired) electrons. The van der Waals surface area contributed by atoms with Crippen molar-refractivity contribution < 1.29 is 9.90 Å². The van der Waals surface area contributed by atoms with Gasteiger partial charge in [0.2, 0.25) is 0 Å². The van der Waals surface area contributed by atoms with Crippen LogP contribution in [0.25, 0.3) is 0 Å². The van der Waals surface area contributed by atoms with E-state index < -0.39 is 5.97 Å². The molecule has 2 heterocycles. The first-order chi connectivity index (χ1) is 10.7. The Balaban J connectivity index is 1.60. The van der Waals surface area contributed by atoms with Crippen molar-refractivity contribution in [3.63, 3.8) is 0 Å². The van der Waals surface area contributed by atoms with Crippen LogP contribution in [0.1, 0.15) is 48.0 Å². The van der Waals surface area contributed by atoms with E-state index in [9.17, 15) is 4.79 Å². The van der Waals surface area contributed by atoms with Gasteiger partial charge in [-0.3, -0.25) is 4.90 Å². The monoisotopic (exact) mass is 302 g/mol. The Morgan fingerprint density at radius 2 is 1.95 bits per heavy atom.